The van der Waals surface area contributed by atoms with Gasteiger partial charge in [0.05, 0.1) is 23.7 Å². The molecule has 0 aliphatic rings. The molecule has 0 radical (unpaired) electrons. The number of ether oxygens (including phenoxy) is 1. The Morgan fingerprint density at radius 2 is 2.04 bits per heavy atom. The minimum absolute atomic E-state index is 0.00862. The number of halogens is 1. The third kappa shape index (κ3) is 4.28. The summed E-state index contributed by atoms with van der Waals surface area (Å²) in [6.45, 7) is 1.99. The van der Waals surface area contributed by atoms with Crippen LogP contribution >= 0.6 is 27.3 Å². The number of hydrogen-bond donors (Lipinski definition) is 0. The fourth-order valence-corrected chi connectivity index (χ4v) is 4.22. The molecule has 0 saturated heterocycles. The van der Waals surface area contributed by atoms with Gasteiger partial charge in [0.25, 0.3) is 5.91 Å². The molecule has 0 unspecified atom stereocenters. The Labute approximate surface area is 163 Å². The standard InChI is InChI=1S/C19H17BrN2O3S/c1-12-4-3-5-13(8-12)9-17(23)21-19-22(11-18(24)25-2)15-7-6-14(20)10-16(15)26-19/h3-8,10H,9,11H2,1-2H3. The van der Waals surface area contributed by atoms with E-state index in [1.54, 1.807) is 4.57 Å². The number of esters is 1. The first-order valence-corrected chi connectivity index (χ1v) is 9.56. The lowest BCUT2D eigenvalue weighted by atomic mass is 10.1. The molecule has 0 spiro atoms. The molecule has 134 valence electrons. The van der Waals surface area contributed by atoms with Crippen LogP contribution in [0, 0.1) is 6.92 Å². The lowest BCUT2D eigenvalue weighted by Gasteiger charge is -2.04. The van der Waals surface area contributed by atoms with Gasteiger partial charge in [-0.2, -0.15) is 4.99 Å². The maximum Gasteiger partial charge on any atom is 0.325 e. The Morgan fingerprint density at radius 3 is 2.77 bits per heavy atom. The van der Waals surface area contributed by atoms with E-state index in [2.05, 4.69) is 20.9 Å². The molecule has 0 aliphatic heterocycles. The molecule has 26 heavy (non-hydrogen) atoms. The summed E-state index contributed by atoms with van der Waals surface area (Å²) in [6.07, 6.45) is 0.220. The van der Waals surface area contributed by atoms with Gasteiger partial charge in [0.2, 0.25) is 0 Å². The maximum absolute atomic E-state index is 12.4. The summed E-state index contributed by atoms with van der Waals surface area (Å²) < 4.78 is 8.35. The predicted octanol–water partition coefficient (Wildman–Crippen LogP) is 3.62. The van der Waals surface area contributed by atoms with Crippen LogP contribution in [0.1, 0.15) is 11.1 Å². The number of carbonyl (C=O) groups excluding carboxylic acids is 2. The quantitative estimate of drug-likeness (QED) is 0.591. The predicted molar refractivity (Wildman–Crippen MR) is 105 cm³/mol. The van der Waals surface area contributed by atoms with Crippen LogP contribution in [0.3, 0.4) is 0 Å². The molecule has 0 atom stereocenters. The van der Waals surface area contributed by atoms with E-state index >= 15 is 0 Å². The average Bonchev–Trinajstić information content (AvgIpc) is 2.90. The highest BCUT2D eigenvalue weighted by Gasteiger charge is 2.12. The fourth-order valence-electron chi connectivity index (χ4n) is 2.62. The first-order chi connectivity index (χ1) is 12.5. The van der Waals surface area contributed by atoms with Gasteiger partial charge in [-0.25, -0.2) is 0 Å². The number of amides is 1. The topological polar surface area (TPSA) is 60.7 Å². The number of rotatable bonds is 4. The average molecular weight is 433 g/mol. The summed E-state index contributed by atoms with van der Waals surface area (Å²) >= 11 is 4.81. The van der Waals surface area contributed by atoms with E-state index in [4.69, 9.17) is 4.74 Å². The minimum atomic E-state index is -0.389. The third-order valence-electron chi connectivity index (χ3n) is 3.82. The lowest BCUT2D eigenvalue weighted by Crippen LogP contribution is -2.22. The molecule has 0 bridgehead atoms. The van der Waals surface area contributed by atoms with Crippen molar-refractivity contribution in [2.45, 2.75) is 19.9 Å². The van der Waals surface area contributed by atoms with Crippen molar-refractivity contribution in [3.05, 3.63) is 62.9 Å². The van der Waals surface area contributed by atoms with Gasteiger partial charge in [-0.1, -0.05) is 57.1 Å². The third-order valence-corrected chi connectivity index (χ3v) is 5.35. The zero-order valence-electron chi connectivity index (χ0n) is 14.4. The molecule has 5 nitrogen and oxygen atoms in total. The van der Waals surface area contributed by atoms with Gasteiger partial charge in [-0.15, -0.1) is 0 Å². The van der Waals surface area contributed by atoms with Crippen LogP contribution in [0.5, 0.6) is 0 Å². The van der Waals surface area contributed by atoms with Crippen molar-refractivity contribution in [3.63, 3.8) is 0 Å². The number of fused-ring (bicyclic) bond motifs is 1. The summed E-state index contributed by atoms with van der Waals surface area (Å²) in [5.74, 6) is -0.639. The Kier molecular flexibility index (Phi) is 5.68. The Hall–Kier alpha value is -2.25. The Bertz CT molecular complexity index is 1050. The number of benzene rings is 2. The largest absolute Gasteiger partial charge is 0.468 e. The highest BCUT2D eigenvalue weighted by atomic mass is 79.9. The van der Waals surface area contributed by atoms with Crippen LogP contribution in [-0.4, -0.2) is 23.6 Å². The summed E-state index contributed by atoms with van der Waals surface area (Å²) in [5.41, 5.74) is 2.86. The molecular formula is C19H17BrN2O3S. The molecule has 7 heteroatoms. The zero-order chi connectivity index (χ0) is 18.7. The highest BCUT2D eigenvalue weighted by molar-refractivity contribution is 9.10. The van der Waals surface area contributed by atoms with E-state index in [-0.39, 0.29) is 24.8 Å². The number of hydrogen-bond acceptors (Lipinski definition) is 4. The first kappa shape index (κ1) is 18.5. The van der Waals surface area contributed by atoms with Crippen molar-refractivity contribution < 1.29 is 14.3 Å². The number of nitrogens with zero attached hydrogens (tertiary/aromatic N) is 2. The summed E-state index contributed by atoms with van der Waals surface area (Å²) in [4.78, 5) is 29.0. The second-order valence-corrected chi connectivity index (χ2v) is 7.76. The van der Waals surface area contributed by atoms with Crippen molar-refractivity contribution >= 4 is 49.4 Å². The monoisotopic (exact) mass is 432 g/mol. The molecule has 0 N–H and O–H groups in total. The van der Waals surface area contributed by atoms with E-state index in [1.807, 2.05) is 49.4 Å². The summed E-state index contributed by atoms with van der Waals surface area (Å²) in [5, 5.41) is 0. The molecule has 3 rings (SSSR count). The van der Waals surface area contributed by atoms with Gasteiger partial charge < -0.3 is 9.30 Å². The van der Waals surface area contributed by atoms with Crippen LogP contribution in [0.4, 0.5) is 0 Å². The SMILES string of the molecule is COC(=O)Cn1c(=NC(=O)Cc2cccc(C)c2)sc2cc(Br)ccc21. The second kappa shape index (κ2) is 7.97. The van der Waals surface area contributed by atoms with Crippen molar-refractivity contribution in [1.82, 2.24) is 4.57 Å². The summed E-state index contributed by atoms with van der Waals surface area (Å²) in [6, 6.07) is 13.5. The van der Waals surface area contributed by atoms with E-state index < -0.39 is 0 Å². The highest BCUT2D eigenvalue weighted by Crippen LogP contribution is 2.22. The van der Waals surface area contributed by atoms with Crippen molar-refractivity contribution in [2.24, 2.45) is 4.99 Å². The van der Waals surface area contributed by atoms with Crippen molar-refractivity contribution in [1.29, 1.82) is 0 Å². The number of aryl methyl sites for hydroxylation is 1. The van der Waals surface area contributed by atoms with E-state index in [1.165, 1.54) is 18.4 Å². The van der Waals surface area contributed by atoms with E-state index in [0.29, 0.717) is 4.80 Å². The number of methoxy groups -OCH3 is 1. The lowest BCUT2D eigenvalue weighted by molar-refractivity contribution is -0.141. The molecule has 0 fully saturated rings. The van der Waals surface area contributed by atoms with Crippen molar-refractivity contribution in [3.8, 4) is 0 Å². The Balaban J connectivity index is 2.01. The minimum Gasteiger partial charge on any atom is -0.468 e. The van der Waals surface area contributed by atoms with Crippen LogP contribution in [0.25, 0.3) is 10.2 Å². The van der Waals surface area contributed by atoms with Crippen LogP contribution in [0.15, 0.2) is 51.9 Å². The fraction of sp³-hybridized carbons (Fsp3) is 0.211. The van der Waals surface area contributed by atoms with Gasteiger partial charge in [-0.3, -0.25) is 9.59 Å². The van der Waals surface area contributed by atoms with Crippen LogP contribution < -0.4 is 4.80 Å². The first-order valence-electron chi connectivity index (χ1n) is 7.95. The maximum atomic E-state index is 12.4. The smallest absolute Gasteiger partial charge is 0.325 e. The van der Waals surface area contributed by atoms with Gasteiger partial charge in [-0.05, 0) is 30.7 Å². The molecule has 1 amide bonds. The zero-order valence-corrected chi connectivity index (χ0v) is 16.8. The van der Waals surface area contributed by atoms with E-state index in [0.717, 1.165) is 25.8 Å². The van der Waals surface area contributed by atoms with Crippen LogP contribution in [-0.2, 0) is 27.3 Å². The molecule has 0 saturated carbocycles. The summed E-state index contributed by atoms with van der Waals surface area (Å²) in [7, 11) is 1.34. The van der Waals surface area contributed by atoms with Crippen LogP contribution in [0.2, 0.25) is 0 Å². The normalized spacial score (nSPS) is 11.7. The molecule has 3 aromatic rings. The molecule has 1 aromatic heterocycles. The van der Waals surface area contributed by atoms with E-state index in [9.17, 15) is 9.59 Å². The molecule has 1 heterocycles. The number of aromatic nitrogens is 1. The van der Waals surface area contributed by atoms with Gasteiger partial charge >= 0.3 is 5.97 Å². The number of thiazole rings is 1. The number of carbonyl (C=O) groups is 2. The van der Waals surface area contributed by atoms with Gasteiger partial charge in [0.15, 0.2) is 4.80 Å². The van der Waals surface area contributed by atoms with Gasteiger partial charge in [0.1, 0.15) is 6.54 Å². The second-order valence-electron chi connectivity index (χ2n) is 5.83. The molecular weight excluding hydrogens is 416 g/mol. The van der Waals surface area contributed by atoms with Crippen molar-refractivity contribution in [2.75, 3.05) is 7.11 Å². The Morgan fingerprint density at radius 1 is 1.23 bits per heavy atom. The molecule has 0 aliphatic carbocycles. The van der Waals surface area contributed by atoms with Gasteiger partial charge in [0, 0.05) is 4.47 Å². The molecule has 2 aromatic carbocycles.